The maximum Gasteiger partial charge on any atom is 0.302 e. The molecule has 1 rings (SSSR count). The van der Waals surface area contributed by atoms with Gasteiger partial charge in [0.2, 0.25) is 0 Å². The van der Waals surface area contributed by atoms with E-state index < -0.39 is 0 Å². The van der Waals surface area contributed by atoms with Crippen LogP contribution in [-0.2, 0) is 16.0 Å². The molecule has 0 aromatic heterocycles. The van der Waals surface area contributed by atoms with Crippen molar-refractivity contribution in [2.45, 2.75) is 26.2 Å². The van der Waals surface area contributed by atoms with Gasteiger partial charge in [-0.05, 0) is 37.0 Å². The van der Waals surface area contributed by atoms with Crippen LogP contribution in [0.4, 0.5) is 0 Å². The standard InChI is InChI=1S/C18H22O3/c1-16(19)21-15-9-7-5-3-2-4-6-8-10-17-11-13-18(20)14-12-17/h2-7,11-14,20H,8-10,15H2,1H3. The fourth-order valence-corrected chi connectivity index (χ4v) is 1.66. The highest BCUT2D eigenvalue weighted by atomic mass is 16.5. The van der Waals surface area contributed by atoms with Gasteiger partial charge in [0.15, 0.2) is 0 Å². The molecule has 21 heavy (non-hydrogen) atoms. The summed E-state index contributed by atoms with van der Waals surface area (Å²) in [4.78, 5) is 10.5. The Balaban J connectivity index is 2.11. The number of aromatic hydroxyl groups is 1. The third-order valence-corrected chi connectivity index (χ3v) is 2.73. The number of aryl methyl sites for hydroxylation is 1. The second-order valence-corrected chi connectivity index (χ2v) is 4.58. The largest absolute Gasteiger partial charge is 0.508 e. The van der Waals surface area contributed by atoms with Gasteiger partial charge in [-0.3, -0.25) is 4.79 Å². The monoisotopic (exact) mass is 286 g/mol. The fourth-order valence-electron chi connectivity index (χ4n) is 1.66. The van der Waals surface area contributed by atoms with Crippen molar-refractivity contribution in [2.75, 3.05) is 6.61 Å². The molecule has 0 atom stereocenters. The van der Waals surface area contributed by atoms with E-state index in [-0.39, 0.29) is 5.97 Å². The lowest BCUT2D eigenvalue weighted by molar-refractivity contribution is -0.140. The molecule has 0 saturated carbocycles. The summed E-state index contributed by atoms with van der Waals surface area (Å²) in [5.41, 5.74) is 1.21. The van der Waals surface area contributed by atoms with Crippen molar-refractivity contribution in [3.05, 3.63) is 66.3 Å². The second-order valence-electron chi connectivity index (χ2n) is 4.58. The molecule has 1 aromatic carbocycles. The summed E-state index contributed by atoms with van der Waals surface area (Å²) in [6.45, 7) is 1.84. The van der Waals surface area contributed by atoms with Gasteiger partial charge in [0, 0.05) is 6.92 Å². The molecule has 0 unspecified atom stereocenters. The van der Waals surface area contributed by atoms with E-state index in [1.165, 1.54) is 12.5 Å². The molecule has 0 radical (unpaired) electrons. The number of hydrogen-bond acceptors (Lipinski definition) is 3. The fraction of sp³-hybridized carbons (Fsp3) is 0.278. The molecule has 0 saturated heterocycles. The van der Waals surface area contributed by atoms with E-state index >= 15 is 0 Å². The number of allylic oxidation sites excluding steroid dienone is 5. The Kier molecular flexibility index (Phi) is 8.38. The van der Waals surface area contributed by atoms with Gasteiger partial charge in [-0.1, -0.05) is 48.6 Å². The van der Waals surface area contributed by atoms with Gasteiger partial charge in [-0.25, -0.2) is 0 Å². The number of phenols is 1. The number of carbonyl (C=O) groups is 1. The quantitative estimate of drug-likeness (QED) is 0.447. The molecule has 0 bridgehead atoms. The van der Waals surface area contributed by atoms with Crippen LogP contribution in [0.3, 0.4) is 0 Å². The number of carbonyl (C=O) groups excluding carboxylic acids is 1. The Morgan fingerprint density at radius 1 is 1.05 bits per heavy atom. The van der Waals surface area contributed by atoms with Crippen LogP contribution in [0.25, 0.3) is 0 Å². The van der Waals surface area contributed by atoms with Crippen LogP contribution in [0, 0.1) is 0 Å². The van der Waals surface area contributed by atoms with Gasteiger partial charge in [0.1, 0.15) is 5.75 Å². The van der Waals surface area contributed by atoms with E-state index in [2.05, 4.69) is 6.08 Å². The van der Waals surface area contributed by atoms with Gasteiger partial charge >= 0.3 is 5.97 Å². The van der Waals surface area contributed by atoms with Gasteiger partial charge < -0.3 is 9.84 Å². The second kappa shape index (κ2) is 10.5. The SMILES string of the molecule is CC(=O)OCCC=CC=CC=CCCc1ccc(O)cc1. The van der Waals surface area contributed by atoms with Crippen LogP contribution in [0.5, 0.6) is 5.75 Å². The van der Waals surface area contributed by atoms with Crippen LogP contribution in [0.15, 0.2) is 60.7 Å². The molecule has 0 aliphatic heterocycles. The van der Waals surface area contributed by atoms with Crippen molar-refractivity contribution >= 4 is 5.97 Å². The first-order valence-electron chi connectivity index (χ1n) is 7.08. The Morgan fingerprint density at radius 3 is 2.29 bits per heavy atom. The molecule has 1 aromatic rings. The lowest BCUT2D eigenvalue weighted by atomic mass is 10.1. The summed E-state index contributed by atoms with van der Waals surface area (Å²) in [6.07, 6.45) is 14.6. The third kappa shape index (κ3) is 9.27. The summed E-state index contributed by atoms with van der Waals surface area (Å²) in [6, 6.07) is 7.29. The van der Waals surface area contributed by atoms with Gasteiger partial charge in [0.25, 0.3) is 0 Å². The van der Waals surface area contributed by atoms with Gasteiger partial charge in [0.05, 0.1) is 6.61 Å². The lowest BCUT2D eigenvalue weighted by Crippen LogP contribution is -1.98. The minimum absolute atomic E-state index is 0.240. The first-order chi connectivity index (χ1) is 10.2. The van der Waals surface area contributed by atoms with Crippen LogP contribution in [0.1, 0.15) is 25.3 Å². The van der Waals surface area contributed by atoms with Crippen molar-refractivity contribution in [2.24, 2.45) is 0 Å². The lowest BCUT2D eigenvalue weighted by Gasteiger charge is -1.97. The van der Waals surface area contributed by atoms with Crippen molar-refractivity contribution in [1.82, 2.24) is 0 Å². The molecule has 0 aliphatic carbocycles. The molecule has 0 heterocycles. The molecule has 112 valence electrons. The number of rotatable bonds is 8. The first kappa shape index (κ1) is 16.8. The molecule has 3 nitrogen and oxygen atoms in total. The highest BCUT2D eigenvalue weighted by Gasteiger charge is 1.91. The topological polar surface area (TPSA) is 46.5 Å². The third-order valence-electron chi connectivity index (χ3n) is 2.73. The molecule has 0 amide bonds. The van der Waals surface area contributed by atoms with E-state index in [4.69, 9.17) is 4.74 Å². The molecule has 0 spiro atoms. The van der Waals surface area contributed by atoms with E-state index in [1.54, 1.807) is 12.1 Å². The summed E-state index contributed by atoms with van der Waals surface area (Å²) >= 11 is 0. The Bertz CT molecular complexity index is 496. The minimum atomic E-state index is -0.240. The maximum atomic E-state index is 10.5. The molecular weight excluding hydrogens is 264 g/mol. The smallest absolute Gasteiger partial charge is 0.302 e. The van der Waals surface area contributed by atoms with Crippen LogP contribution in [-0.4, -0.2) is 17.7 Å². The van der Waals surface area contributed by atoms with Crippen LogP contribution >= 0.6 is 0 Å². The van der Waals surface area contributed by atoms with Gasteiger partial charge in [-0.2, -0.15) is 0 Å². The predicted molar refractivity (Wildman–Crippen MR) is 85.1 cm³/mol. The normalized spacial score (nSPS) is 11.7. The van der Waals surface area contributed by atoms with Gasteiger partial charge in [-0.15, -0.1) is 0 Å². The van der Waals surface area contributed by atoms with Crippen molar-refractivity contribution < 1.29 is 14.6 Å². The zero-order valence-corrected chi connectivity index (χ0v) is 12.4. The zero-order chi connectivity index (χ0) is 15.3. The average molecular weight is 286 g/mol. The summed E-state index contributed by atoms with van der Waals surface area (Å²) in [5.74, 6) is 0.0632. The number of hydrogen-bond donors (Lipinski definition) is 1. The van der Waals surface area contributed by atoms with E-state index in [0.717, 1.165) is 19.3 Å². The molecule has 1 N–H and O–H groups in total. The maximum absolute atomic E-state index is 10.5. The Morgan fingerprint density at radius 2 is 1.67 bits per heavy atom. The molecule has 0 fully saturated rings. The van der Waals surface area contributed by atoms with Crippen LogP contribution < -0.4 is 0 Å². The summed E-state index contributed by atoms with van der Waals surface area (Å²) in [7, 11) is 0. The number of ether oxygens (including phenoxy) is 1. The molecule has 3 heteroatoms. The van der Waals surface area contributed by atoms with E-state index in [0.29, 0.717) is 12.4 Å². The Labute approximate surface area is 126 Å². The van der Waals surface area contributed by atoms with Crippen molar-refractivity contribution in [3.8, 4) is 5.75 Å². The average Bonchev–Trinajstić information content (AvgIpc) is 2.46. The van der Waals surface area contributed by atoms with E-state index in [1.807, 2.05) is 42.5 Å². The summed E-state index contributed by atoms with van der Waals surface area (Å²) in [5, 5.41) is 9.18. The number of phenolic OH excluding ortho intramolecular Hbond substituents is 1. The highest BCUT2D eigenvalue weighted by molar-refractivity contribution is 5.65. The molecular formula is C18H22O3. The predicted octanol–water partition coefficient (Wildman–Crippen LogP) is 3.95. The number of benzene rings is 1. The number of esters is 1. The van der Waals surface area contributed by atoms with Crippen LogP contribution in [0.2, 0.25) is 0 Å². The zero-order valence-electron chi connectivity index (χ0n) is 12.4. The first-order valence-corrected chi connectivity index (χ1v) is 7.08. The van der Waals surface area contributed by atoms with Crippen molar-refractivity contribution in [3.63, 3.8) is 0 Å². The van der Waals surface area contributed by atoms with Crippen molar-refractivity contribution in [1.29, 1.82) is 0 Å². The Hall–Kier alpha value is -2.29. The summed E-state index contributed by atoms with van der Waals surface area (Å²) < 4.78 is 4.81. The molecule has 0 aliphatic rings. The van der Waals surface area contributed by atoms with E-state index in [9.17, 15) is 9.90 Å². The highest BCUT2D eigenvalue weighted by Crippen LogP contribution is 2.11. The minimum Gasteiger partial charge on any atom is -0.508 e.